The lowest BCUT2D eigenvalue weighted by molar-refractivity contribution is 0.102. The largest absolute Gasteiger partial charge is 0.392 e. The average molecular weight is 380 g/mol. The van der Waals surface area contributed by atoms with Crippen molar-refractivity contribution in [2.75, 3.05) is 5.32 Å². The lowest BCUT2D eigenvalue weighted by atomic mass is 10.2. The van der Waals surface area contributed by atoms with Crippen LogP contribution in [-0.4, -0.2) is 31.6 Å². The molecule has 0 heterocycles. The molecule has 26 heavy (non-hydrogen) atoms. The Hall–Kier alpha value is -2.29. The number of aliphatic hydroxyl groups excluding tert-OH is 1. The number of amides is 1. The molecule has 0 aromatic heterocycles. The fourth-order valence-corrected chi connectivity index (χ4v) is 3.50. The Morgan fingerprint density at radius 3 is 2.46 bits per heavy atom. The van der Waals surface area contributed by atoms with Crippen molar-refractivity contribution in [3.05, 3.63) is 59.4 Å². The van der Waals surface area contributed by atoms with Gasteiger partial charge < -0.3 is 10.4 Å². The smallest absolute Gasteiger partial charge is 0.255 e. The highest BCUT2D eigenvalue weighted by molar-refractivity contribution is 7.89. The molecule has 0 spiro atoms. The Balaban J connectivity index is 2.22. The Labute approximate surface area is 152 Å². The van der Waals surface area contributed by atoms with Gasteiger partial charge in [-0.05, 0) is 62.7 Å². The molecule has 2 aromatic carbocycles. The Morgan fingerprint density at radius 1 is 1.15 bits per heavy atom. The first-order chi connectivity index (χ1) is 12.1. The van der Waals surface area contributed by atoms with E-state index >= 15 is 0 Å². The van der Waals surface area contributed by atoms with Gasteiger partial charge in [-0.25, -0.2) is 17.5 Å². The van der Waals surface area contributed by atoms with Gasteiger partial charge in [0.25, 0.3) is 5.91 Å². The van der Waals surface area contributed by atoms with Crippen molar-refractivity contribution in [1.82, 2.24) is 4.72 Å². The summed E-state index contributed by atoms with van der Waals surface area (Å²) in [5, 5.41) is 12.1. The molecule has 2 atom stereocenters. The highest BCUT2D eigenvalue weighted by Gasteiger charge is 2.21. The third-order valence-corrected chi connectivity index (χ3v) is 5.44. The van der Waals surface area contributed by atoms with E-state index in [9.17, 15) is 22.7 Å². The average Bonchev–Trinajstić information content (AvgIpc) is 2.58. The normalized spacial score (nSPS) is 13.9. The van der Waals surface area contributed by atoms with E-state index in [1.807, 2.05) is 0 Å². The summed E-state index contributed by atoms with van der Waals surface area (Å²) in [4.78, 5) is 12.3. The second-order valence-electron chi connectivity index (χ2n) is 6.10. The zero-order valence-electron chi connectivity index (χ0n) is 14.7. The molecule has 1 amide bonds. The molecule has 2 unspecified atom stereocenters. The maximum Gasteiger partial charge on any atom is 0.255 e. The standard InChI is InChI=1S/C18H21FN2O4S/c1-11-9-15(7-8-17(11)19)20-18(23)14-5-4-6-16(10-14)26(24,25)21-12(2)13(3)22/h4-10,12-13,21-22H,1-3H3,(H,20,23). The minimum atomic E-state index is -3.89. The summed E-state index contributed by atoms with van der Waals surface area (Å²) in [6.07, 6.45) is -0.863. The van der Waals surface area contributed by atoms with Crippen molar-refractivity contribution in [3.63, 3.8) is 0 Å². The first-order valence-electron chi connectivity index (χ1n) is 7.98. The Kier molecular flexibility index (Phi) is 6.12. The summed E-state index contributed by atoms with van der Waals surface area (Å²) in [6.45, 7) is 4.59. The van der Waals surface area contributed by atoms with Crippen molar-refractivity contribution in [1.29, 1.82) is 0 Å². The van der Waals surface area contributed by atoms with E-state index in [2.05, 4.69) is 10.0 Å². The molecule has 2 rings (SSSR count). The number of nitrogens with one attached hydrogen (secondary N) is 2. The predicted molar refractivity (Wildman–Crippen MR) is 97.0 cm³/mol. The summed E-state index contributed by atoms with van der Waals surface area (Å²) in [5.41, 5.74) is 0.929. The van der Waals surface area contributed by atoms with Gasteiger partial charge in [-0.15, -0.1) is 0 Å². The molecule has 0 fully saturated rings. The van der Waals surface area contributed by atoms with Crippen molar-refractivity contribution in [2.24, 2.45) is 0 Å². The predicted octanol–water partition coefficient (Wildman–Crippen LogP) is 2.43. The second-order valence-corrected chi connectivity index (χ2v) is 7.81. The van der Waals surface area contributed by atoms with Crippen molar-refractivity contribution in [2.45, 2.75) is 37.8 Å². The van der Waals surface area contributed by atoms with Gasteiger partial charge in [0.15, 0.2) is 0 Å². The van der Waals surface area contributed by atoms with Crippen LogP contribution in [0.4, 0.5) is 10.1 Å². The summed E-state index contributed by atoms with van der Waals surface area (Å²) in [6, 6.07) is 8.99. The van der Waals surface area contributed by atoms with Crippen LogP contribution in [0.2, 0.25) is 0 Å². The Morgan fingerprint density at radius 2 is 1.85 bits per heavy atom. The molecular weight excluding hydrogens is 359 g/mol. The van der Waals surface area contributed by atoms with Crippen molar-refractivity contribution in [3.8, 4) is 0 Å². The first-order valence-corrected chi connectivity index (χ1v) is 9.46. The van der Waals surface area contributed by atoms with E-state index in [-0.39, 0.29) is 16.3 Å². The summed E-state index contributed by atoms with van der Waals surface area (Å²) >= 11 is 0. The van der Waals surface area contributed by atoms with E-state index in [1.54, 1.807) is 6.92 Å². The number of halogens is 1. The number of rotatable bonds is 6. The van der Waals surface area contributed by atoms with E-state index in [0.29, 0.717) is 11.3 Å². The monoisotopic (exact) mass is 380 g/mol. The maximum absolute atomic E-state index is 13.3. The molecule has 2 aromatic rings. The van der Waals surface area contributed by atoms with Gasteiger partial charge in [0.2, 0.25) is 10.0 Å². The van der Waals surface area contributed by atoms with Gasteiger partial charge in [0.05, 0.1) is 11.0 Å². The zero-order chi connectivity index (χ0) is 19.5. The molecule has 8 heteroatoms. The third kappa shape index (κ3) is 4.87. The topological polar surface area (TPSA) is 95.5 Å². The summed E-state index contributed by atoms with van der Waals surface area (Å²) in [7, 11) is -3.89. The number of hydrogen-bond acceptors (Lipinski definition) is 4. The molecule has 0 aliphatic carbocycles. The molecular formula is C18H21FN2O4S. The van der Waals surface area contributed by atoms with Crippen LogP contribution in [0.25, 0.3) is 0 Å². The fourth-order valence-electron chi connectivity index (χ4n) is 2.14. The number of anilines is 1. The van der Waals surface area contributed by atoms with Crippen LogP contribution in [0.15, 0.2) is 47.4 Å². The van der Waals surface area contributed by atoms with E-state index < -0.39 is 28.1 Å². The number of carbonyl (C=O) groups is 1. The van der Waals surface area contributed by atoms with Crippen LogP contribution in [0.3, 0.4) is 0 Å². The van der Waals surface area contributed by atoms with Gasteiger partial charge in [-0.1, -0.05) is 6.07 Å². The van der Waals surface area contributed by atoms with Gasteiger partial charge in [0.1, 0.15) is 5.82 Å². The van der Waals surface area contributed by atoms with Crippen LogP contribution in [0, 0.1) is 12.7 Å². The lowest BCUT2D eigenvalue weighted by Crippen LogP contribution is -2.39. The van der Waals surface area contributed by atoms with Crippen molar-refractivity contribution >= 4 is 21.6 Å². The van der Waals surface area contributed by atoms with E-state index in [0.717, 1.165) is 0 Å². The number of benzene rings is 2. The zero-order valence-corrected chi connectivity index (χ0v) is 15.5. The maximum atomic E-state index is 13.3. The second kappa shape index (κ2) is 7.94. The van der Waals surface area contributed by atoms with Gasteiger partial charge in [0, 0.05) is 17.3 Å². The van der Waals surface area contributed by atoms with Crippen LogP contribution < -0.4 is 10.0 Å². The minimum absolute atomic E-state index is 0.0899. The number of aliphatic hydroxyl groups is 1. The van der Waals surface area contributed by atoms with Crippen LogP contribution in [0.1, 0.15) is 29.8 Å². The molecule has 0 aliphatic heterocycles. The lowest BCUT2D eigenvalue weighted by Gasteiger charge is -2.17. The highest BCUT2D eigenvalue weighted by Crippen LogP contribution is 2.17. The van der Waals surface area contributed by atoms with Gasteiger partial charge in [-0.2, -0.15) is 0 Å². The summed E-state index contributed by atoms with van der Waals surface area (Å²) in [5.74, 6) is -0.897. The highest BCUT2D eigenvalue weighted by atomic mass is 32.2. The third-order valence-electron chi connectivity index (χ3n) is 3.89. The number of sulfonamides is 1. The van der Waals surface area contributed by atoms with E-state index in [4.69, 9.17) is 0 Å². The molecule has 3 N–H and O–H groups in total. The number of aryl methyl sites for hydroxylation is 1. The van der Waals surface area contributed by atoms with Gasteiger partial charge in [-0.3, -0.25) is 4.79 Å². The molecule has 6 nitrogen and oxygen atoms in total. The van der Waals surface area contributed by atoms with Gasteiger partial charge >= 0.3 is 0 Å². The SMILES string of the molecule is Cc1cc(NC(=O)c2cccc(S(=O)(=O)NC(C)C(C)O)c2)ccc1F. The quantitative estimate of drug-likeness (QED) is 0.717. The summed E-state index contributed by atoms with van der Waals surface area (Å²) < 4.78 is 40.4. The first kappa shape index (κ1) is 20.0. The Bertz CT molecular complexity index is 913. The number of hydrogen-bond donors (Lipinski definition) is 3. The molecule has 0 saturated carbocycles. The minimum Gasteiger partial charge on any atom is -0.392 e. The molecule has 0 saturated heterocycles. The van der Waals surface area contributed by atoms with E-state index in [1.165, 1.54) is 56.3 Å². The van der Waals surface area contributed by atoms with Crippen LogP contribution >= 0.6 is 0 Å². The molecule has 0 aliphatic rings. The van der Waals surface area contributed by atoms with Crippen molar-refractivity contribution < 1.29 is 22.7 Å². The number of carbonyl (C=O) groups excluding carboxylic acids is 1. The molecule has 0 bridgehead atoms. The molecule has 140 valence electrons. The van der Waals surface area contributed by atoms with Crippen LogP contribution in [-0.2, 0) is 10.0 Å². The van der Waals surface area contributed by atoms with Crippen LogP contribution in [0.5, 0.6) is 0 Å². The molecule has 0 radical (unpaired) electrons. The fraction of sp³-hybridized carbons (Fsp3) is 0.278.